The molecule has 3 saturated heterocycles. The third-order valence-electron chi connectivity index (χ3n) is 9.26. The summed E-state index contributed by atoms with van der Waals surface area (Å²) in [6.07, 6.45) is -1.52. The molecule has 1 aromatic heterocycles. The van der Waals surface area contributed by atoms with Gasteiger partial charge in [-0.05, 0) is 74.8 Å². The van der Waals surface area contributed by atoms with Gasteiger partial charge in [-0.25, -0.2) is 14.8 Å². The summed E-state index contributed by atoms with van der Waals surface area (Å²) in [6, 6.07) is 14.7. The molecule has 0 saturated carbocycles. The summed E-state index contributed by atoms with van der Waals surface area (Å²) in [5.74, 6) is 1.25. The summed E-state index contributed by atoms with van der Waals surface area (Å²) in [5.41, 5.74) is 4.70. The molecular formula is C33H39F3N8O2. The number of likely N-dealkylation sites (N-methyl/N-ethyl adjacent to an activating group) is 1. The molecule has 0 spiro atoms. The molecule has 0 radical (unpaired) electrons. The second-order valence-corrected chi connectivity index (χ2v) is 12.7. The van der Waals surface area contributed by atoms with E-state index >= 15 is 0 Å². The molecule has 46 heavy (non-hydrogen) atoms. The van der Waals surface area contributed by atoms with Crippen LogP contribution < -0.4 is 20.4 Å². The zero-order chi connectivity index (χ0) is 31.8. The third-order valence-corrected chi connectivity index (χ3v) is 9.26. The summed E-state index contributed by atoms with van der Waals surface area (Å²) >= 11 is 0. The number of alkyl halides is 3. The van der Waals surface area contributed by atoms with Gasteiger partial charge < -0.3 is 30.1 Å². The van der Waals surface area contributed by atoms with Gasteiger partial charge in [0.2, 0.25) is 0 Å². The Bertz CT molecular complexity index is 1530. The lowest BCUT2D eigenvalue weighted by molar-refractivity contribution is -0.147. The number of morpholine rings is 1. The molecule has 2 aromatic carbocycles. The first kappa shape index (κ1) is 30.7. The van der Waals surface area contributed by atoms with Crippen LogP contribution in [0.2, 0.25) is 0 Å². The number of carbonyl (C=O) groups is 1. The number of benzene rings is 2. The summed E-state index contributed by atoms with van der Waals surface area (Å²) < 4.78 is 45.7. The van der Waals surface area contributed by atoms with Gasteiger partial charge in [-0.2, -0.15) is 13.2 Å². The lowest BCUT2D eigenvalue weighted by atomic mass is 10.0. The Labute approximate surface area is 266 Å². The second-order valence-electron chi connectivity index (χ2n) is 12.7. The van der Waals surface area contributed by atoms with Gasteiger partial charge in [-0.1, -0.05) is 0 Å². The van der Waals surface area contributed by atoms with E-state index in [4.69, 9.17) is 14.7 Å². The highest BCUT2D eigenvalue weighted by molar-refractivity contribution is 6.00. The van der Waals surface area contributed by atoms with Crippen molar-refractivity contribution >= 4 is 28.9 Å². The van der Waals surface area contributed by atoms with Crippen molar-refractivity contribution < 1.29 is 22.7 Å². The number of hydrogen-bond donors (Lipinski definition) is 2. The van der Waals surface area contributed by atoms with E-state index in [1.54, 1.807) is 12.1 Å². The Morgan fingerprint density at radius 3 is 2.13 bits per heavy atom. The first-order valence-electron chi connectivity index (χ1n) is 16.0. The van der Waals surface area contributed by atoms with E-state index in [9.17, 15) is 18.0 Å². The Morgan fingerprint density at radius 1 is 0.870 bits per heavy atom. The molecule has 2 amide bonds. The van der Waals surface area contributed by atoms with Gasteiger partial charge in [0.25, 0.3) is 0 Å². The summed E-state index contributed by atoms with van der Waals surface area (Å²) in [4.78, 5) is 30.8. The molecule has 2 atom stereocenters. The quantitative estimate of drug-likeness (QED) is 0.398. The van der Waals surface area contributed by atoms with Crippen molar-refractivity contribution in [2.24, 2.45) is 0 Å². The van der Waals surface area contributed by atoms with Crippen LogP contribution in [0.15, 0.2) is 48.5 Å². The van der Waals surface area contributed by atoms with E-state index in [0.29, 0.717) is 48.9 Å². The second kappa shape index (κ2) is 12.7. The van der Waals surface area contributed by atoms with E-state index in [1.165, 1.54) is 4.90 Å². The number of ether oxygens (including phenoxy) is 1. The fraction of sp³-hybridized carbons (Fsp3) is 0.485. The number of nitrogens with zero attached hydrogens (tertiary/aromatic N) is 6. The van der Waals surface area contributed by atoms with Crippen molar-refractivity contribution in [1.82, 2.24) is 19.8 Å². The molecule has 10 nitrogen and oxygen atoms in total. The van der Waals surface area contributed by atoms with Crippen LogP contribution in [0.4, 0.5) is 40.8 Å². The van der Waals surface area contributed by atoms with Gasteiger partial charge in [0, 0.05) is 80.5 Å². The van der Waals surface area contributed by atoms with Crippen molar-refractivity contribution in [3.63, 3.8) is 0 Å². The standard InChI is InChI=1S/C33H39F3N8O2/c1-41-14-16-43(17-15-41)25-8-6-24(7-9-25)38-32(45)37-23-4-2-22(3-5-23)30-39-29-20-42(21-33(34,35)36)13-12-28(29)31(40-30)44-18-26-10-11-27(19-44)46-26/h2-9,26-27H,10-21H2,1H3,(H2,37,38,45). The first-order valence-corrected chi connectivity index (χ1v) is 16.0. The molecule has 5 heterocycles. The summed E-state index contributed by atoms with van der Waals surface area (Å²) in [5, 5.41) is 5.75. The average molecular weight is 637 g/mol. The van der Waals surface area contributed by atoms with Crippen LogP contribution in [-0.4, -0.2) is 104 Å². The van der Waals surface area contributed by atoms with Gasteiger partial charge in [0.15, 0.2) is 5.82 Å². The number of anilines is 4. The SMILES string of the molecule is CN1CCN(c2ccc(NC(=O)Nc3ccc(-c4nc5c(c(N6CC7CCC(C6)O7)n4)CCN(CC(F)(F)F)C5)cc3)cc2)CC1. The highest BCUT2D eigenvalue weighted by atomic mass is 19.4. The van der Waals surface area contributed by atoms with Gasteiger partial charge in [0.1, 0.15) is 5.82 Å². The number of hydrogen-bond acceptors (Lipinski definition) is 8. The van der Waals surface area contributed by atoms with Crippen molar-refractivity contribution in [2.75, 3.05) is 79.8 Å². The van der Waals surface area contributed by atoms with Crippen LogP contribution in [-0.2, 0) is 17.7 Å². The van der Waals surface area contributed by atoms with Crippen LogP contribution in [0, 0.1) is 0 Å². The smallest absolute Gasteiger partial charge is 0.371 e. The van der Waals surface area contributed by atoms with Crippen molar-refractivity contribution in [3.05, 3.63) is 59.8 Å². The topological polar surface area (TPSA) is 89.1 Å². The van der Waals surface area contributed by atoms with Gasteiger partial charge in [0.05, 0.1) is 24.4 Å². The minimum atomic E-state index is -4.28. The van der Waals surface area contributed by atoms with Crippen molar-refractivity contribution in [3.8, 4) is 11.4 Å². The predicted molar refractivity (Wildman–Crippen MR) is 171 cm³/mol. The van der Waals surface area contributed by atoms with E-state index in [1.807, 2.05) is 36.4 Å². The van der Waals surface area contributed by atoms with E-state index in [2.05, 4.69) is 32.4 Å². The monoisotopic (exact) mass is 636 g/mol. The maximum atomic E-state index is 13.2. The molecule has 0 aliphatic carbocycles. The largest absolute Gasteiger partial charge is 0.401 e. The molecule has 2 bridgehead atoms. The first-order chi connectivity index (χ1) is 22.1. The summed E-state index contributed by atoms with van der Waals surface area (Å²) in [6.45, 7) is 4.87. The molecule has 4 aliphatic rings. The maximum Gasteiger partial charge on any atom is 0.401 e. The zero-order valence-electron chi connectivity index (χ0n) is 25.9. The third kappa shape index (κ3) is 7.06. The number of aromatic nitrogens is 2. The number of urea groups is 1. The molecule has 13 heteroatoms. The molecular weight excluding hydrogens is 597 g/mol. The minimum absolute atomic E-state index is 0.116. The van der Waals surface area contributed by atoms with Crippen LogP contribution >= 0.6 is 0 Å². The number of rotatable bonds is 6. The van der Waals surface area contributed by atoms with E-state index in [-0.39, 0.29) is 24.8 Å². The number of carbonyl (C=O) groups excluding carboxylic acids is 1. The molecule has 7 rings (SSSR count). The normalized spacial score (nSPS) is 22.1. The number of fused-ring (bicyclic) bond motifs is 3. The van der Waals surface area contributed by atoms with Crippen LogP contribution in [0.1, 0.15) is 24.1 Å². The van der Waals surface area contributed by atoms with Crippen LogP contribution in [0.3, 0.4) is 0 Å². The summed E-state index contributed by atoms with van der Waals surface area (Å²) in [7, 11) is 2.13. The minimum Gasteiger partial charge on any atom is -0.371 e. The van der Waals surface area contributed by atoms with Crippen LogP contribution in [0.5, 0.6) is 0 Å². The fourth-order valence-electron chi connectivity index (χ4n) is 6.85. The van der Waals surface area contributed by atoms with Gasteiger partial charge in [-0.3, -0.25) is 4.90 Å². The average Bonchev–Trinajstić information content (AvgIpc) is 3.37. The Kier molecular flexibility index (Phi) is 8.47. The number of amides is 2. The molecule has 2 N–H and O–H groups in total. The molecule has 3 aromatic rings. The molecule has 4 aliphatic heterocycles. The zero-order valence-corrected chi connectivity index (χ0v) is 25.9. The van der Waals surface area contributed by atoms with Crippen molar-refractivity contribution in [1.29, 1.82) is 0 Å². The fourth-order valence-corrected chi connectivity index (χ4v) is 6.85. The van der Waals surface area contributed by atoms with E-state index < -0.39 is 12.7 Å². The highest BCUT2D eigenvalue weighted by Gasteiger charge is 2.38. The predicted octanol–water partition coefficient (Wildman–Crippen LogP) is 4.83. The maximum absolute atomic E-state index is 13.2. The molecule has 2 unspecified atom stereocenters. The van der Waals surface area contributed by atoms with Crippen molar-refractivity contribution in [2.45, 2.75) is 44.2 Å². The lowest BCUT2D eigenvalue weighted by Gasteiger charge is -2.36. The Hall–Kier alpha value is -3.94. The Balaban J connectivity index is 1.05. The number of halogens is 3. The van der Waals surface area contributed by atoms with Gasteiger partial charge in [-0.15, -0.1) is 0 Å². The number of nitrogens with one attached hydrogen (secondary N) is 2. The molecule has 3 fully saturated rings. The Morgan fingerprint density at radius 2 is 1.50 bits per heavy atom. The molecule has 244 valence electrons. The lowest BCUT2D eigenvalue weighted by Crippen LogP contribution is -2.45. The van der Waals surface area contributed by atoms with Gasteiger partial charge >= 0.3 is 12.2 Å². The van der Waals surface area contributed by atoms with Crippen LogP contribution in [0.25, 0.3) is 11.4 Å². The highest BCUT2D eigenvalue weighted by Crippen LogP contribution is 2.35. The number of piperazine rings is 1. The van der Waals surface area contributed by atoms with E-state index in [0.717, 1.165) is 61.7 Å².